The lowest BCUT2D eigenvalue weighted by atomic mass is 10.1. The first kappa shape index (κ1) is 13.9. The number of aromatic nitrogens is 2. The van der Waals surface area contributed by atoms with E-state index in [1.165, 1.54) is 12.1 Å². The van der Waals surface area contributed by atoms with Gasteiger partial charge in [-0.2, -0.15) is 13.2 Å². The standard InChI is InChI=1S/C12H9F3N2O3/c13-12(14,15)8-3-1-2-7(4-8)6-17-10(18)9(5-16-17)11(19)20/h1-5,16H,6H2,(H,19,20). The molecular weight excluding hydrogens is 277 g/mol. The number of rotatable bonds is 3. The van der Waals surface area contributed by atoms with Gasteiger partial charge in [0.2, 0.25) is 0 Å². The molecule has 0 aliphatic rings. The second-order valence-corrected chi connectivity index (χ2v) is 4.08. The minimum Gasteiger partial charge on any atom is -0.477 e. The Labute approximate surface area is 110 Å². The van der Waals surface area contributed by atoms with Gasteiger partial charge in [0, 0.05) is 6.20 Å². The highest BCUT2D eigenvalue weighted by Crippen LogP contribution is 2.29. The van der Waals surface area contributed by atoms with Gasteiger partial charge < -0.3 is 10.2 Å². The van der Waals surface area contributed by atoms with Crippen LogP contribution in [0, 0.1) is 0 Å². The van der Waals surface area contributed by atoms with Crippen molar-refractivity contribution in [3.8, 4) is 0 Å². The van der Waals surface area contributed by atoms with Gasteiger partial charge >= 0.3 is 12.1 Å². The average Bonchev–Trinajstić information content (AvgIpc) is 2.70. The maximum atomic E-state index is 12.5. The third-order valence-corrected chi connectivity index (χ3v) is 2.67. The molecule has 0 unspecified atom stereocenters. The summed E-state index contributed by atoms with van der Waals surface area (Å²) in [6.45, 7) is -0.171. The number of hydrogen-bond acceptors (Lipinski definition) is 2. The molecule has 0 saturated carbocycles. The van der Waals surface area contributed by atoms with Crippen molar-refractivity contribution in [2.24, 2.45) is 0 Å². The number of carbonyl (C=O) groups is 1. The van der Waals surface area contributed by atoms with Gasteiger partial charge in [-0.05, 0) is 17.7 Å². The highest BCUT2D eigenvalue weighted by molar-refractivity contribution is 5.86. The van der Waals surface area contributed by atoms with Crippen molar-refractivity contribution >= 4 is 5.97 Å². The number of nitrogens with one attached hydrogen (secondary N) is 1. The van der Waals surface area contributed by atoms with Gasteiger partial charge in [0.1, 0.15) is 5.56 Å². The molecule has 0 saturated heterocycles. The fourth-order valence-electron chi connectivity index (χ4n) is 1.71. The number of alkyl halides is 3. The summed E-state index contributed by atoms with van der Waals surface area (Å²) >= 11 is 0. The van der Waals surface area contributed by atoms with E-state index in [0.29, 0.717) is 0 Å². The molecule has 0 bridgehead atoms. The molecule has 0 radical (unpaired) electrons. The van der Waals surface area contributed by atoms with E-state index in [1.54, 1.807) is 0 Å². The van der Waals surface area contributed by atoms with E-state index in [4.69, 9.17) is 5.11 Å². The number of benzene rings is 1. The van der Waals surface area contributed by atoms with E-state index >= 15 is 0 Å². The molecule has 0 aliphatic carbocycles. The quantitative estimate of drug-likeness (QED) is 0.905. The Hall–Kier alpha value is -2.51. The van der Waals surface area contributed by atoms with Crippen LogP contribution in [-0.2, 0) is 12.7 Å². The molecule has 5 nitrogen and oxygen atoms in total. The van der Waals surface area contributed by atoms with E-state index in [0.717, 1.165) is 23.0 Å². The van der Waals surface area contributed by atoms with Gasteiger partial charge in [0.05, 0.1) is 12.1 Å². The lowest BCUT2D eigenvalue weighted by Crippen LogP contribution is -2.22. The molecule has 2 N–H and O–H groups in total. The molecule has 0 amide bonds. The molecule has 2 rings (SSSR count). The average molecular weight is 286 g/mol. The molecule has 0 atom stereocenters. The van der Waals surface area contributed by atoms with Gasteiger partial charge in [0.25, 0.3) is 5.56 Å². The van der Waals surface area contributed by atoms with Crippen molar-refractivity contribution in [3.63, 3.8) is 0 Å². The Balaban J connectivity index is 2.32. The van der Waals surface area contributed by atoms with Crippen molar-refractivity contribution in [1.82, 2.24) is 9.78 Å². The Bertz CT molecular complexity index is 700. The van der Waals surface area contributed by atoms with E-state index in [9.17, 15) is 22.8 Å². The molecule has 20 heavy (non-hydrogen) atoms. The predicted molar refractivity (Wildman–Crippen MR) is 62.6 cm³/mol. The fraction of sp³-hybridized carbons (Fsp3) is 0.167. The second-order valence-electron chi connectivity index (χ2n) is 4.08. The molecule has 0 spiro atoms. The van der Waals surface area contributed by atoms with Crippen LogP contribution >= 0.6 is 0 Å². The zero-order chi connectivity index (χ0) is 14.9. The van der Waals surface area contributed by atoms with Gasteiger partial charge in [-0.1, -0.05) is 12.1 Å². The van der Waals surface area contributed by atoms with Crippen molar-refractivity contribution < 1.29 is 23.1 Å². The van der Waals surface area contributed by atoms with Crippen molar-refractivity contribution in [2.75, 3.05) is 0 Å². The SMILES string of the molecule is O=C(O)c1c[nH]n(Cc2cccc(C(F)(F)F)c2)c1=O. The van der Waals surface area contributed by atoms with Crippen LogP contribution in [-0.4, -0.2) is 20.9 Å². The topological polar surface area (TPSA) is 75.1 Å². The van der Waals surface area contributed by atoms with Gasteiger partial charge in [-0.3, -0.25) is 4.79 Å². The van der Waals surface area contributed by atoms with Gasteiger partial charge in [-0.25, -0.2) is 9.48 Å². The van der Waals surface area contributed by atoms with Crippen LogP contribution in [0.5, 0.6) is 0 Å². The maximum Gasteiger partial charge on any atom is 0.416 e. The molecule has 2 aromatic rings. The number of aromatic carboxylic acids is 1. The molecule has 1 aromatic heterocycles. The van der Waals surface area contributed by atoms with E-state index < -0.39 is 28.8 Å². The minimum atomic E-state index is -4.47. The zero-order valence-electron chi connectivity index (χ0n) is 9.94. The summed E-state index contributed by atoms with van der Waals surface area (Å²) in [5, 5.41) is 11.1. The number of carboxylic acid groups (broad SMARTS) is 1. The number of halogens is 3. The van der Waals surface area contributed by atoms with Gasteiger partial charge in [0.15, 0.2) is 0 Å². The van der Waals surface area contributed by atoms with Gasteiger partial charge in [-0.15, -0.1) is 0 Å². The number of aromatic amines is 1. The molecule has 1 aromatic carbocycles. The van der Waals surface area contributed by atoms with Crippen LogP contribution in [0.3, 0.4) is 0 Å². The number of hydrogen-bond donors (Lipinski definition) is 2. The summed E-state index contributed by atoms with van der Waals surface area (Å²) in [5.41, 5.74) is -1.85. The monoisotopic (exact) mass is 286 g/mol. The smallest absolute Gasteiger partial charge is 0.416 e. The molecule has 0 aliphatic heterocycles. The molecular formula is C12H9F3N2O3. The largest absolute Gasteiger partial charge is 0.477 e. The van der Waals surface area contributed by atoms with Crippen molar-refractivity contribution in [1.29, 1.82) is 0 Å². The summed E-state index contributed by atoms with van der Waals surface area (Å²) in [6.07, 6.45) is -3.47. The van der Waals surface area contributed by atoms with Crippen LogP contribution in [0.25, 0.3) is 0 Å². The van der Waals surface area contributed by atoms with Crippen LogP contribution in [0.4, 0.5) is 13.2 Å². The summed E-state index contributed by atoms with van der Waals surface area (Å²) < 4.78 is 38.6. The third kappa shape index (κ3) is 2.73. The maximum absolute atomic E-state index is 12.5. The predicted octanol–water partition coefficient (Wildman–Crippen LogP) is 1.94. The van der Waals surface area contributed by atoms with Crippen LogP contribution in [0.15, 0.2) is 35.3 Å². The number of H-pyrrole nitrogens is 1. The van der Waals surface area contributed by atoms with Crippen LogP contribution in [0.2, 0.25) is 0 Å². The first-order valence-corrected chi connectivity index (χ1v) is 5.46. The van der Waals surface area contributed by atoms with Crippen LogP contribution < -0.4 is 5.56 Å². The molecule has 1 heterocycles. The normalized spacial score (nSPS) is 11.6. The first-order valence-electron chi connectivity index (χ1n) is 5.46. The Morgan fingerprint density at radius 2 is 2.05 bits per heavy atom. The lowest BCUT2D eigenvalue weighted by molar-refractivity contribution is -0.137. The highest BCUT2D eigenvalue weighted by atomic mass is 19.4. The lowest BCUT2D eigenvalue weighted by Gasteiger charge is -2.08. The van der Waals surface area contributed by atoms with Crippen molar-refractivity contribution in [2.45, 2.75) is 12.7 Å². The summed E-state index contributed by atoms with van der Waals surface area (Å²) in [7, 11) is 0. The second kappa shape index (κ2) is 4.87. The van der Waals surface area contributed by atoms with E-state index in [-0.39, 0.29) is 12.1 Å². The summed E-state index contributed by atoms with van der Waals surface area (Å²) in [6, 6.07) is 4.48. The molecule has 106 valence electrons. The van der Waals surface area contributed by atoms with E-state index in [2.05, 4.69) is 5.10 Å². The Kier molecular flexibility index (Phi) is 3.39. The number of carboxylic acids is 1. The minimum absolute atomic E-state index is 0.171. The fourth-order valence-corrected chi connectivity index (χ4v) is 1.71. The summed E-state index contributed by atoms with van der Waals surface area (Å²) in [4.78, 5) is 22.3. The Morgan fingerprint density at radius 3 is 2.60 bits per heavy atom. The number of nitrogens with zero attached hydrogens (tertiary/aromatic N) is 1. The molecule has 0 fully saturated rings. The molecule has 8 heteroatoms. The summed E-state index contributed by atoms with van der Waals surface area (Å²) in [5.74, 6) is -1.39. The van der Waals surface area contributed by atoms with Crippen molar-refractivity contribution in [3.05, 3.63) is 57.5 Å². The Morgan fingerprint density at radius 1 is 1.35 bits per heavy atom. The highest BCUT2D eigenvalue weighted by Gasteiger charge is 2.30. The first-order chi connectivity index (χ1) is 9.29. The third-order valence-electron chi connectivity index (χ3n) is 2.67. The van der Waals surface area contributed by atoms with Crippen LogP contribution in [0.1, 0.15) is 21.5 Å². The zero-order valence-corrected chi connectivity index (χ0v) is 9.94. The van der Waals surface area contributed by atoms with E-state index in [1.807, 2.05) is 0 Å².